The minimum Gasteiger partial charge on any atom is -0.368 e. The number of benzene rings is 1. The van der Waals surface area contributed by atoms with E-state index in [0.29, 0.717) is 4.88 Å². The molecule has 27 heavy (non-hydrogen) atoms. The summed E-state index contributed by atoms with van der Waals surface area (Å²) in [6.45, 7) is 2.85. The van der Waals surface area contributed by atoms with Crippen molar-refractivity contribution in [3.05, 3.63) is 69.5 Å². The number of thiophene rings is 2. The Morgan fingerprint density at radius 1 is 1.11 bits per heavy atom. The molecule has 7 heteroatoms. The molecule has 0 spiro atoms. The van der Waals surface area contributed by atoms with Crippen LogP contribution in [0.2, 0.25) is 0 Å². The van der Waals surface area contributed by atoms with Gasteiger partial charge in [0.25, 0.3) is 5.91 Å². The fraction of sp³-hybridized carbons (Fsp3) is 0.150. The second kappa shape index (κ2) is 7.85. The topological polar surface area (TPSA) is 66.9 Å². The van der Waals surface area contributed by atoms with Crippen molar-refractivity contribution >= 4 is 50.3 Å². The van der Waals surface area contributed by atoms with Crippen LogP contribution >= 0.6 is 22.7 Å². The number of amides is 1. The molecule has 136 valence electrons. The number of carbonyl (C=O) groups excluding carboxylic acids is 1. The Kier molecular flexibility index (Phi) is 5.13. The summed E-state index contributed by atoms with van der Waals surface area (Å²) in [7, 11) is 0. The van der Waals surface area contributed by atoms with Crippen molar-refractivity contribution in [2.75, 3.05) is 17.2 Å². The Balaban J connectivity index is 1.34. The van der Waals surface area contributed by atoms with E-state index < -0.39 is 0 Å². The van der Waals surface area contributed by atoms with Crippen LogP contribution in [0.5, 0.6) is 0 Å². The number of hydrogen-bond donors (Lipinski definition) is 2. The van der Waals surface area contributed by atoms with E-state index in [0.717, 1.165) is 34.7 Å². The third kappa shape index (κ3) is 3.99. The Morgan fingerprint density at radius 2 is 1.96 bits per heavy atom. The number of nitrogens with one attached hydrogen (secondary N) is 2. The lowest BCUT2D eigenvalue weighted by Gasteiger charge is -2.08. The zero-order valence-corrected chi connectivity index (χ0v) is 16.4. The van der Waals surface area contributed by atoms with Crippen molar-refractivity contribution < 1.29 is 4.79 Å². The predicted octanol–water partition coefficient (Wildman–Crippen LogP) is 4.97. The van der Waals surface area contributed by atoms with Crippen LogP contribution < -0.4 is 10.6 Å². The third-order valence-electron chi connectivity index (χ3n) is 4.19. The number of rotatable bonds is 6. The number of anilines is 2. The van der Waals surface area contributed by atoms with E-state index in [4.69, 9.17) is 0 Å². The molecule has 3 aromatic heterocycles. The van der Waals surface area contributed by atoms with E-state index >= 15 is 0 Å². The molecular weight excluding hydrogens is 376 g/mol. The summed E-state index contributed by atoms with van der Waals surface area (Å²) >= 11 is 3.10. The SMILES string of the molecule is Cc1csc2c(NCCc3ccc(NC(=O)c4cccs4)cc3)ncnc12. The lowest BCUT2D eigenvalue weighted by molar-refractivity contribution is 0.103. The van der Waals surface area contributed by atoms with E-state index in [1.165, 1.54) is 22.5 Å². The van der Waals surface area contributed by atoms with Gasteiger partial charge >= 0.3 is 0 Å². The molecule has 0 aliphatic carbocycles. The lowest BCUT2D eigenvalue weighted by atomic mass is 10.1. The Hall–Kier alpha value is -2.77. The molecule has 0 aliphatic heterocycles. The predicted molar refractivity (Wildman–Crippen MR) is 113 cm³/mol. The quantitative estimate of drug-likeness (QED) is 0.485. The van der Waals surface area contributed by atoms with Gasteiger partial charge in [0, 0.05) is 12.2 Å². The molecule has 4 rings (SSSR count). The maximum absolute atomic E-state index is 12.1. The first kappa shape index (κ1) is 17.6. The van der Waals surface area contributed by atoms with E-state index in [1.54, 1.807) is 17.7 Å². The first-order valence-electron chi connectivity index (χ1n) is 8.57. The maximum Gasteiger partial charge on any atom is 0.265 e. The van der Waals surface area contributed by atoms with Crippen LogP contribution in [-0.4, -0.2) is 22.4 Å². The average Bonchev–Trinajstić information content (AvgIpc) is 3.34. The largest absolute Gasteiger partial charge is 0.368 e. The molecule has 0 fully saturated rings. The fourth-order valence-electron chi connectivity index (χ4n) is 2.78. The highest BCUT2D eigenvalue weighted by Crippen LogP contribution is 2.28. The van der Waals surface area contributed by atoms with Crippen molar-refractivity contribution in [1.82, 2.24) is 9.97 Å². The molecule has 4 aromatic rings. The molecule has 0 aliphatic rings. The van der Waals surface area contributed by atoms with Gasteiger partial charge in [-0.25, -0.2) is 9.97 Å². The van der Waals surface area contributed by atoms with E-state index in [1.807, 2.05) is 41.8 Å². The summed E-state index contributed by atoms with van der Waals surface area (Å²) in [5.74, 6) is 0.816. The summed E-state index contributed by atoms with van der Waals surface area (Å²) in [5.41, 5.74) is 4.20. The minimum absolute atomic E-state index is 0.0709. The number of nitrogens with zero attached hydrogens (tertiary/aromatic N) is 2. The van der Waals surface area contributed by atoms with Gasteiger partial charge in [0.2, 0.25) is 0 Å². The van der Waals surface area contributed by atoms with Crippen molar-refractivity contribution in [1.29, 1.82) is 0 Å². The first-order chi connectivity index (χ1) is 13.2. The second-order valence-corrected chi connectivity index (χ2v) is 7.95. The molecule has 0 radical (unpaired) electrons. The van der Waals surface area contributed by atoms with Gasteiger partial charge in [-0.3, -0.25) is 4.79 Å². The molecule has 1 amide bonds. The lowest BCUT2D eigenvalue weighted by Crippen LogP contribution is -2.10. The number of aryl methyl sites for hydroxylation is 1. The van der Waals surface area contributed by atoms with E-state index in [2.05, 4.69) is 32.9 Å². The van der Waals surface area contributed by atoms with Gasteiger partial charge in [0.1, 0.15) is 12.1 Å². The highest BCUT2D eigenvalue weighted by atomic mass is 32.1. The van der Waals surface area contributed by atoms with Gasteiger partial charge in [-0.1, -0.05) is 18.2 Å². The Morgan fingerprint density at radius 3 is 2.74 bits per heavy atom. The molecule has 0 saturated carbocycles. The highest BCUT2D eigenvalue weighted by molar-refractivity contribution is 7.18. The summed E-state index contributed by atoms with van der Waals surface area (Å²) in [6.07, 6.45) is 2.48. The molecule has 5 nitrogen and oxygen atoms in total. The van der Waals surface area contributed by atoms with Crippen LogP contribution in [0.4, 0.5) is 11.5 Å². The summed E-state index contributed by atoms with van der Waals surface area (Å²) in [6, 6.07) is 11.6. The van der Waals surface area contributed by atoms with Gasteiger partial charge in [0.05, 0.1) is 15.1 Å². The second-order valence-electron chi connectivity index (χ2n) is 6.12. The van der Waals surface area contributed by atoms with Crippen LogP contribution in [0.25, 0.3) is 10.2 Å². The molecule has 0 atom stereocenters. The van der Waals surface area contributed by atoms with Crippen molar-refractivity contribution in [2.45, 2.75) is 13.3 Å². The summed E-state index contributed by atoms with van der Waals surface area (Å²) in [5, 5.41) is 10.3. The molecule has 3 heterocycles. The van der Waals surface area contributed by atoms with Gasteiger partial charge in [-0.05, 0) is 53.4 Å². The molecular formula is C20H18N4OS2. The van der Waals surface area contributed by atoms with Crippen molar-refractivity contribution in [3.63, 3.8) is 0 Å². The van der Waals surface area contributed by atoms with Gasteiger partial charge in [-0.2, -0.15) is 0 Å². The number of fused-ring (bicyclic) bond motifs is 1. The summed E-state index contributed by atoms with van der Waals surface area (Å²) < 4.78 is 1.10. The summed E-state index contributed by atoms with van der Waals surface area (Å²) in [4.78, 5) is 21.5. The maximum atomic E-state index is 12.1. The zero-order chi connectivity index (χ0) is 18.6. The zero-order valence-electron chi connectivity index (χ0n) is 14.7. The molecule has 0 bridgehead atoms. The van der Waals surface area contributed by atoms with Gasteiger partial charge < -0.3 is 10.6 Å². The third-order valence-corrected chi connectivity index (χ3v) is 6.16. The van der Waals surface area contributed by atoms with Gasteiger partial charge in [0.15, 0.2) is 0 Å². The highest BCUT2D eigenvalue weighted by Gasteiger charge is 2.08. The normalized spacial score (nSPS) is 10.9. The molecule has 1 aromatic carbocycles. The van der Waals surface area contributed by atoms with Crippen LogP contribution in [-0.2, 0) is 6.42 Å². The first-order valence-corrected chi connectivity index (χ1v) is 10.3. The Bertz CT molecular complexity index is 1060. The number of aromatic nitrogens is 2. The Labute approximate surface area is 165 Å². The number of carbonyl (C=O) groups is 1. The van der Waals surface area contributed by atoms with E-state index in [9.17, 15) is 4.79 Å². The standard InChI is InChI=1S/C20H18N4OS2/c1-13-11-27-18-17(13)22-12-23-19(18)21-9-8-14-4-6-15(7-5-14)24-20(25)16-3-2-10-26-16/h2-7,10-12H,8-9H2,1H3,(H,24,25)(H,21,22,23). The van der Waals surface area contributed by atoms with Crippen LogP contribution in [0.1, 0.15) is 20.8 Å². The molecule has 0 unspecified atom stereocenters. The van der Waals surface area contributed by atoms with Crippen LogP contribution in [0.3, 0.4) is 0 Å². The average molecular weight is 395 g/mol. The van der Waals surface area contributed by atoms with Crippen LogP contribution in [0, 0.1) is 6.92 Å². The number of hydrogen-bond acceptors (Lipinski definition) is 6. The van der Waals surface area contributed by atoms with Crippen LogP contribution in [0.15, 0.2) is 53.5 Å². The van der Waals surface area contributed by atoms with E-state index in [-0.39, 0.29) is 5.91 Å². The molecule has 2 N–H and O–H groups in total. The van der Waals surface area contributed by atoms with Crippen molar-refractivity contribution in [2.24, 2.45) is 0 Å². The smallest absolute Gasteiger partial charge is 0.265 e. The monoisotopic (exact) mass is 394 g/mol. The fourth-order valence-corrected chi connectivity index (χ4v) is 4.36. The van der Waals surface area contributed by atoms with Gasteiger partial charge in [-0.15, -0.1) is 22.7 Å². The van der Waals surface area contributed by atoms with Crippen molar-refractivity contribution in [3.8, 4) is 0 Å². The minimum atomic E-state index is -0.0709. The molecule has 0 saturated heterocycles.